The largest absolute Gasteiger partial charge is 0.317 e. The SMILES string of the molecule is CC(C)(C)[N+]12CCCN(CC1)CC2. The van der Waals surface area contributed by atoms with E-state index in [1.807, 2.05) is 0 Å². The second-order valence-corrected chi connectivity index (χ2v) is 5.68. The Hall–Kier alpha value is -0.0800. The lowest BCUT2D eigenvalue weighted by atomic mass is 9.99. The van der Waals surface area contributed by atoms with Crippen molar-refractivity contribution in [3.8, 4) is 0 Å². The average molecular weight is 183 g/mol. The lowest BCUT2D eigenvalue weighted by Crippen LogP contribution is -2.65. The van der Waals surface area contributed by atoms with E-state index in [0.29, 0.717) is 5.54 Å². The second-order valence-electron chi connectivity index (χ2n) is 5.68. The predicted molar refractivity (Wildman–Crippen MR) is 55.7 cm³/mol. The molecule has 3 saturated heterocycles. The predicted octanol–water partition coefficient (Wildman–Crippen LogP) is 1.32. The summed E-state index contributed by atoms with van der Waals surface area (Å²) in [6, 6.07) is 0. The Morgan fingerprint density at radius 2 is 1.54 bits per heavy atom. The Labute approximate surface area is 82.1 Å². The normalized spacial score (nSPS) is 40.4. The molecule has 0 atom stereocenters. The highest BCUT2D eigenvalue weighted by Crippen LogP contribution is 2.29. The van der Waals surface area contributed by atoms with Gasteiger partial charge in [0.05, 0.1) is 25.2 Å². The molecule has 0 aromatic rings. The van der Waals surface area contributed by atoms with Crippen LogP contribution in [0, 0.1) is 0 Å². The second kappa shape index (κ2) is 2.96. The zero-order chi connectivity index (χ0) is 9.53. The molecular weight excluding hydrogens is 160 g/mol. The third-order valence-corrected chi connectivity index (χ3v) is 4.17. The number of quaternary nitrogens is 1. The van der Waals surface area contributed by atoms with Crippen molar-refractivity contribution in [3.63, 3.8) is 0 Å². The minimum Gasteiger partial charge on any atom is -0.317 e. The van der Waals surface area contributed by atoms with E-state index in [0.717, 1.165) is 0 Å². The van der Waals surface area contributed by atoms with Crippen LogP contribution in [0.3, 0.4) is 0 Å². The molecule has 3 aliphatic heterocycles. The summed E-state index contributed by atoms with van der Waals surface area (Å²) in [6.07, 6.45) is 1.40. The van der Waals surface area contributed by atoms with Crippen molar-refractivity contribution in [1.29, 1.82) is 0 Å². The maximum Gasteiger partial charge on any atom is 0.0920 e. The summed E-state index contributed by atoms with van der Waals surface area (Å²) in [5.41, 5.74) is 0.455. The summed E-state index contributed by atoms with van der Waals surface area (Å²) in [6.45, 7) is 15.4. The molecule has 3 aliphatic rings. The standard InChI is InChI=1S/C11H23N2/c1-11(2,3)13-8-4-5-12(6-9-13)7-10-13/h4-10H2,1-3H3/q+1. The molecule has 0 aromatic carbocycles. The van der Waals surface area contributed by atoms with Gasteiger partial charge in [-0.1, -0.05) is 0 Å². The molecule has 2 nitrogen and oxygen atoms in total. The van der Waals surface area contributed by atoms with Gasteiger partial charge in [-0.05, 0) is 20.8 Å². The number of hydrogen-bond acceptors (Lipinski definition) is 1. The molecule has 2 bridgehead atoms. The van der Waals surface area contributed by atoms with Gasteiger partial charge in [-0.25, -0.2) is 0 Å². The summed E-state index contributed by atoms with van der Waals surface area (Å²) in [5, 5.41) is 0. The van der Waals surface area contributed by atoms with Crippen LogP contribution in [0.15, 0.2) is 0 Å². The highest BCUT2D eigenvalue weighted by atomic mass is 15.5. The minimum atomic E-state index is 0.455. The number of piperazine rings is 1. The minimum absolute atomic E-state index is 0.455. The Balaban J connectivity index is 2.21. The van der Waals surface area contributed by atoms with E-state index < -0.39 is 0 Å². The first-order valence-corrected chi connectivity index (χ1v) is 5.62. The first kappa shape index (κ1) is 9.47. The van der Waals surface area contributed by atoms with Crippen LogP contribution in [0.1, 0.15) is 27.2 Å². The van der Waals surface area contributed by atoms with Gasteiger partial charge >= 0.3 is 0 Å². The molecule has 0 radical (unpaired) electrons. The van der Waals surface area contributed by atoms with Crippen molar-refractivity contribution in [3.05, 3.63) is 0 Å². The van der Waals surface area contributed by atoms with E-state index in [4.69, 9.17) is 0 Å². The Morgan fingerprint density at radius 1 is 0.923 bits per heavy atom. The summed E-state index contributed by atoms with van der Waals surface area (Å²) < 4.78 is 1.36. The summed E-state index contributed by atoms with van der Waals surface area (Å²) in [7, 11) is 0. The Kier molecular flexibility index (Phi) is 2.16. The quantitative estimate of drug-likeness (QED) is 0.512. The monoisotopic (exact) mass is 183 g/mol. The number of nitrogens with zero attached hydrogens (tertiary/aromatic N) is 2. The Bertz CT molecular complexity index is 179. The molecule has 2 heteroatoms. The van der Waals surface area contributed by atoms with E-state index in [1.54, 1.807) is 0 Å². The van der Waals surface area contributed by atoms with Crippen LogP contribution in [-0.4, -0.2) is 54.2 Å². The number of fused-ring (bicyclic) bond motifs is 4. The van der Waals surface area contributed by atoms with Crippen molar-refractivity contribution in [2.75, 3.05) is 39.3 Å². The maximum absolute atomic E-state index is 2.63. The van der Waals surface area contributed by atoms with Crippen LogP contribution in [0.2, 0.25) is 0 Å². The van der Waals surface area contributed by atoms with Crippen molar-refractivity contribution >= 4 is 0 Å². The molecule has 3 heterocycles. The molecule has 0 aliphatic carbocycles. The van der Waals surface area contributed by atoms with Crippen molar-refractivity contribution in [2.24, 2.45) is 0 Å². The molecule has 3 fully saturated rings. The van der Waals surface area contributed by atoms with Crippen LogP contribution >= 0.6 is 0 Å². The molecule has 0 spiro atoms. The van der Waals surface area contributed by atoms with E-state index in [9.17, 15) is 0 Å². The topological polar surface area (TPSA) is 3.24 Å². The number of rotatable bonds is 0. The van der Waals surface area contributed by atoms with E-state index in [1.165, 1.54) is 50.2 Å². The van der Waals surface area contributed by atoms with Gasteiger partial charge in [0.25, 0.3) is 0 Å². The van der Waals surface area contributed by atoms with E-state index >= 15 is 0 Å². The first-order valence-electron chi connectivity index (χ1n) is 5.62. The van der Waals surface area contributed by atoms with Crippen LogP contribution in [0.4, 0.5) is 0 Å². The fourth-order valence-electron chi connectivity index (χ4n) is 2.94. The fraction of sp³-hybridized carbons (Fsp3) is 1.00. The zero-order valence-electron chi connectivity index (χ0n) is 9.34. The van der Waals surface area contributed by atoms with Gasteiger partial charge in [0.15, 0.2) is 0 Å². The molecule has 0 aromatic heterocycles. The molecule has 0 N–H and O–H groups in total. The number of hydrogen-bond donors (Lipinski definition) is 0. The van der Waals surface area contributed by atoms with Gasteiger partial charge in [0.1, 0.15) is 0 Å². The highest BCUT2D eigenvalue weighted by Gasteiger charge is 2.44. The smallest absolute Gasteiger partial charge is 0.0920 e. The lowest BCUT2D eigenvalue weighted by molar-refractivity contribution is -0.971. The van der Waals surface area contributed by atoms with E-state index in [-0.39, 0.29) is 0 Å². The molecule has 0 unspecified atom stereocenters. The van der Waals surface area contributed by atoms with Crippen LogP contribution < -0.4 is 0 Å². The zero-order valence-corrected chi connectivity index (χ0v) is 9.34. The molecule has 13 heavy (non-hydrogen) atoms. The fourth-order valence-corrected chi connectivity index (χ4v) is 2.94. The summed E-state index contributed by atoms with van der Waals surface area (Å²) in [5.74, 6) is 0. The molecule has 3 rings (SSSR count). The molecule has 76 valence electrons. The van der Waals surface area contributed by atoms with Crippen molar-refractivity contribution < 1.29 is 4.48 Å². The Morgan fingerprint density at radius 3 is 2.08 bits per heavy atom. The highest BCUT2D eigenvalue weighted by molar-refractivity contribution is 4.75. The van der Waals surface area contributed by atoms with Gasteiger partial charge in [0, 0.05) is 26.1 Å². The van der Waals surface area contributed by atoms with Crippen LogP contribution in [0.25, 0.3) is 0 Å². The maximum atomic E-state index is 2.63. The van der Waals surface area contributed by atoms with Gasteiger partial charge in [0.2, 0.25) is 0 Å². The lowest BCUT2D eigenvalue weighted by Gasteiger charge is -2.50. The van der Waals surface area contributed by atoms with Gasteiger partial charge in [-0.2, -0.15) is 0 Å². The summed E-state index contributed by atoms with van der Waals surface area (Å²) >= 11 is 0. The van der Waals surface area contributed by atoms with Crippen molar-refractivity contribution in [1.82, 2.24) is 4.90 Å². The molecule has 0 amide bonds. The van der Waals surface area contributed by atoms with Crippen molar-refractivity contribution in [2.45, 2.75) is 32.7 Å². The molecule has 0 saturated carbocycles. The van der Waals surface area contributed by atoms with E-state index in [2.05, 4.69) is 25.7 Å². The van der Waals surface area contributed by atoms with Gasteiger partial charge in [-0.15, -0.1) is 0 Å². The molecular formula is C11H23N2+. The van der Waals surface area contributed by atoms with Gasteiger partial charge < -0.3 is 4.48 Å². The average Bonchev–Trinajstić information content (AvgIpc) is 2.35. The third-order valence-electron chi connectivity index (χ3n) is 4.17. The summed E-state index contributed by atoms with van der Waals surface area (Å²) in [4.78, 5) is 2.63. The first-order chi connectivity index (χ1) is 6.04. The third kappa shape index (κ3) is 1.50. The van der Waals surface area contributed by atoms with Crippen LogP contribution in [0.5, 0.6) is 0 Å². The van der Waals surface area contributed by atoms with Gasteiger partial charge in [-0.3, -0.25) is 4.90 Å². The van der Waals surface area contributed by atoms with Crippen LogP contribution in [-0.2, 0) is 0 Å².